The van der Waals surface area contributed by atoms with Crippen LogP contribution in [0.4, 0.5) is 0 Å². The van der Waals surface area contributed by atoms with Gasteiger partial charge in [-0.05, 0) is 73.5 Å². The van der Waals surface area contributed by atoms with Crippen LogP contribution in [0, 0.1) is 0 Å². The number of hydrogen-bond acceptors (Lipinski definition) is 8. The van der Waals surface area contributed by atoms with E-state index in [1.807, 2.05) is 48.5 Å². The summed E-state index contributed by atoms with van der Waals surface area (Å²) in [4.78, 5) is 32.3. The summed E-state index contributed by atoms with van der Waals surface area (Å²) in [5, 5.41) is 0.676. The first-order valence-electron chi connectivity index (χ1n) is 13.2. The van der Waals surface area contributed by atoms with Gasteiger partial charge in [0.05, 0.1) is 36.6 Å². The minimum absolute atomic E-state index is 0.182. The molecule has 1 aliphatic rings. The number of benzene rings is 3. The Labute approximate surface area is 251 Å². The van der Waals surface area contributed by atoms with E-state index in [-0.39, 0.29) is 17.7 Å². The van der Waals surface area contributed by atoms with Gasteiger partial charge in [0.15, 0.2) is 4.80 Å². The van der Waals surface area contributed by atoms with Crippen LogP contribution in [0.1, 0.15) is 36.6 Å². The van der Waals surface area contributed by atoms with Gasteiger partial charge in [-0.3, -0.25) is 9.36 Å². The van der Waals surface area contributed by atoms with Crippen LogP contribution < -0.4 is 29.1 Å². The molecule has 2 heterocycles. The van der Waals surface area contributed by atoms with E-state index in [2.05, 4.69) is 4.99 Å². The van der Waals surface area contributed by atoms with Crippen molar-refractivity contribution in [2.45, 2.75) is 26.5 Å². The standard InChI is InChI=1S/C32H29ClN2O6S/c1-5-40-31(37)28-19(2)34-32-35(29(28)25-17-24(38-3)14-15-26(25)39-4)30(36)27(42-32)16-20-8-12-23(13-9-20)41-18-21-6-10-22(33)11-7-21/h6-17,29H,5,18H2,1-4H3/b27-16+/t29-/m1/s1. The molecule has 0 radical (unpaired) electrons. The highest BCUT2D eigenvalue weighted by Crippen LogP contribution is 2.37. The third-order valence-electron chi connectivity index (χ3n) is 6.75. The van der Waals surface area contributed by atoms with Crippen molar-refractivity contribution in [2.24, 2.45) is 4.99 Å². The van der Waals surface area contributed by atoms with Crippen LogP contribution in [0.15, 0.2) is 87.8 Å². The van der Waals surface area contributed by atoms with E-state index in [0.29, 0.717) is 49.5 Å². The Morgan fingerprint density at radius 3 is 2.40 bits per heavy atom. The molecule has 42 heavy (non-hydrogen) atoms. The number of esters is 1. The fraction of sp³-hybridized carbons (Fsp3) is 0.219. The summed E-state index contributed by atoms with van der Waals surface area (Å²) >= 11 is 7.21. The zero-order valence-corrected chi connectivity index (χ0v) is 25.1. The van der Waals surface area contributed by atoms with Gasteiger partial charge in [0.25, 0.3) is 5.56 Å². The molecule has 0 amide bonds. The summed E-state index contributed by atoms with van der Waals surface area (Å²) in [6.45, 7) is 4.07. The average Bonchev–Trinajstić information content (AvgIpc) is 3.30. The summed E-state index contributed by atoms with van der Waals surface area (Å²) in [5.41, 5.74) is 2.86. The Hall–Kier alpha value is -4.34. The van der Waals surface area contributed by atoms with Gasteiger partial charge < -0.3 is 18.9 Å². The number of halogens is 1. The van der Waals surface area contributed by atoms with Crippen LogP contribution in [0.25, 0.3) is 6.08 Å². The summed E-state index contributed by atoms with van der Waals surface area (Å²) in [6, 6.07) is 19.4. The van der Waals surface area contributed by atoms with Crippen molar-refractivity contribution in [3.63, 3.8) is 0 Å². The minimum Gasteiger partial charge on any atom is -0.497 e. The van der Waals surface area contributed by atoms with Gasteiger partial charge in [-0.1, -0.05) is 47.2 Å². The summed E-state index contributed by atoms with van der Waals surface area (Å²) in [7, 11) is 3.09. The monoisotopic (exact) mass is 604 g/mol. The molecule has 0 saturated carbocycles. The van der Waals surface area contributed by atoms with Crippen LogP contribution in [-0.2, 0) is 16.1 Å². The van der Waals surface area contributed by atoms with Crippen LogP contribution in [0.2, 0.25) is 5.02 Å². The van der Waals surface area contributed by atoms with Crippen molar-refractivity contribution in [1.29, 1.82) is 0 Å². The van der Waals surface area contributed by atoms with E-state index in [0.717, 1.165) is 11.1 Å². The number of fused-ring (bicyclic) bond motifs is 1. The summed E-state index contributed by atoms with van der Waals surface area (Å²) in [5.74, 6) is 1.21. The van der Waals surface area contributed by atoms with Crippen LogP contribution in [0.3, 0.4) is 0 Å². The van der Waals surface area contributed by atoms with Gasteiger partial charge in [-0.25, -0.2) is 9.79 Å². The zero-order chi connectivity index (χ0) is 29.8. The lowest BCUT2D eigenvalue weighted by Crippen LogP contribution is -2.40. The fourth-order valence-electron chi connectivity index (χ4n) is 4.70. The second-order valence-electron chi connectivity index (χ2n) is 9.39. The van der Waals surface area contributed by atoms with E-state index in [1.54, 1.807) is 52.3 Å². The lowest BCUT2D eigenvalue weighted by Gasteiger charge is -2.26. The molecule has 5 rings (SSSR count). The molecule has 0 N–H and O–H groups in total. The van der Waals surface area contributed by atoms with Gasteiger partial charge in [0.1, 0.15) is 29.9 Å². The molecule has 10 heteroatoms. The second kappa shape index (κ2) is 12.7. The topological polar surface area (TPSA) is 88.4 Å². The fourth-order valence-corrected chi connectivity index (χ4v) is 5.87. The van der Waals surface area contributed by atoms with Crippen LogP contribution in [0.5, 0.6) is 17.2 Å². The molecule has 8 nitrogen and oxygen atoms in total. The van der Waals surface area contributed by atoms with Crippen LogP contribution in [-0.4, -0.2) is 31.4 Å². The predicted octanol–water partition coefficient (Wildman–Crippen LogP) is 5.05. The number of ether oxygens (including phenoxy) is 4. The number of aromatic nitrogens is 1. The molecular weight excluding hydrogens is 576 g/mol. The molecule has 216 valence electrons. The van der Waals surface area contributed by atoms with Crippen LogP contribution >= 0.6 is 22.9 Å². The lowest BCUT2D eigenvalue weighted by molar-refractivity contribution is -0.139. The first-order chi connectivity index (χ1) is 20.3. The Balaban J connectivity index is 1.54. The van der Waals surface area contributed by atoms with Crippen molar-refractivity contribution in [3.8, 4) is 17.2 Å². The highest BCUT2D eigenvalue weighted by molar-refractivity contribution is 7.07. The van der Waals surface area contributed by atoms with Crippen molar-refractivity contribution in [1.82, 2.24) is 4.57 Å². The Morgan fingerprint density at radius 2 is 1.74 bits per heavy atom. The smallest absolute Gasteiger partial charge is 0.338 e. The lowest BCUT2D eigenvalue weighted by atomic mass is 9.94. The zero-order valence-electron chi connectivity index (χ0n) is 23.5. The van der Waals surface area contributed by atoms with E-state index in [1.165, 1.54) is 15.9 Å². The number of allylic oxidation sites excluding steroid dienone is 1. The molecule has 3 aromatic carbocycles. The molecular formula is C32H29ClN2O6S. The van der Waals surface area contributed by atoms with Crippen molar-refractivity contribution in [3.05, 3.63) is 119 Å². The van der Waals surface area contributed by atoms with Crippen molar-refractivity contribution in [2.75, 3.05) is 20.8 Å². The molecule has 1 aromatic heterocycles. The second-order valence-corrected chi connectivity index (χ2v) is 10.8. The molecule has 0 fully saturated rings. The molecule has 0 unspecified atom stereocenters. The minimum atomic E-state index is -0.823. The first-order valence-corrected chi connectivity index (χ1v) is 14.4. The van der Waals surface area contributed by atoms with E-state index in [9.17, 15) is 9.59 Å². The van der Waals surface area contributed by atoms with Gasteiger partial charge in [-0.15, -0.1) is 0 Å². The number of thiazole rings is 1. The molecule has 0 saturated heterocycles. The Morgan fingerprint density at radius 1 is 1.02 bits per heavy atom. The Kier molecular flexibility index (Phi) is 8.80. The van der Waals surface area contributed by atoms with Crippen molar-refractivity contribution >= 4 is 35.0 Å². The van der Waals surface area contributed by atoms with Crippen molar-refractivity contribution < 1.29 is 23.7 Å². The highest BCUT2D eigenvalue weighted by atomic mass is 35.5. The molecule has 0 bridgehead atoms. The average molecular weight is 605 g/mol. The largest absolute Gasteiger partial charge is 0.497 e. The molecule has 0 aliphatic carbocycles. The maximum Gasteiger partial charge on any atom is 0.338 e. The molecule has 1 aliphatic heterocycles. The number of hydrogen-bond donors (Lipinski definition) is 0. The number of methoxy groups -OCH3 is 2. The first kappa shape index (κ1) is 29.2. The highest BCUT2D eigenvalue weighted by Gasteiger charge is 2.35. The molecule has 1 atom stereocenters. The third-order valence-corrected chi connectivity index (χ3v) is 7.98. The van der Waals surface area contributed by atoms with E-state index in [4.69, 9.17) is 30.5 Å². The predicted molar refractivity (Wildman–Crippen MR) is 162 cm³/mol. The maximum absolute atomic E-state index is 13.9. The van der Waals surface area contributed by atoms with Gasteiger partial charge in [-0.2, -0.15) is 0 Å². The van der Waals surface area contributed by atoms with E-state index >= 15 is 0 Å². The maximum atomic E-state index is 13.9. The SMILES string of the molecule is CCOC(=O)C1=C(C)N=c2s/c(=C/c3ccc(OCc4ccc(Cl)cc4)cc3)c(=O)n2[C@@H]1c1cc(OC)ccc1OC. The quantitative estimate of drug-likeness (QED) is 0.249. The third kappa shape index (κ3) is 5.98. The summed E-state index contributed by atoms with van der Waals surface area (Å²) < 4.78 is 24.4. The Bertz CT molecular complexity index is 1820. The number of carbonyl (C=O) groups excluding carboxylic acids is 1. The van der Waals surface area contributed by atoms with E-state index < -0.39 is 12.0 Å². The molecule has 0 spiro atoms. The molecule has 4 aromatic rings. The van der Waals surface area contributed by atoms with Gasteiger partial charge in [0, 0.05) is 10.6 Å². The number of nitrogens with zero attached hydrogens (tertiary/aromatic N) is 2. The summed E-state index contributed by atoms with van der Waals surface area (Å²) in [6.07, 6.45) is 1.80. The van der Waals surface area contributed by atoms with Gasteiger partial charge in [0.2, 0.25) is 0 Å². The van der Waals surface area contributed by atoms with Gasteiger partial charge >= 0.3 is 5.97 Å². The number of rotatable bonds is 9. The normalized spacial score (nSPS) is 14.7. The number of carbonyl (C=O) groups is 1.